The van der Waals surface area contributed by atoms with Crippen LogP contribution < -0.4 is 16.7 Å². The summed E-state index contributed by atoms with van der Waals surface area (Å²) in [7, 11) is 0. The molecule has 0 saturated carbocycles. The Balaban J connectivity index is 1.91. The van der Waals surface area contributed by atoms with E-state index in [0.29, 0.717) is 24.9 Å². The molecule has 1 unspecified atom stereocenters. The van der Waals surface area contributed by atoms with Gasteiger partial charge < -0.3 is 20.9 Å². The molecule has 37 heavy (non-hydrogen) atoms. The lowest BCUT2D eigenvalue weighted by Gasteiger charge is -2.19. The molecule has 3 rings (SSSR count). The van der Waals surface area contributed by atoms with E-state index in [4.69, 9.17) is 33.7 Å². The summed E-state index contributed by atoms with van der Waals surface area (Å²) in [6.07, 6.45) is -8.95. The molecule has 1 heterocycles. The number of carbonyl (C=O) groups excluding carboxylic acids is 2. The normalized spacial score (nSPS) is 13.1. The average molecular weight is 562 g/mol. The number of halogens is 5. The first-order chi connectivity index (χ1) is 17.3. The minimum atomic E-state index is -5.00. The van der Waals surface area contributed by atoms with Gasteiger partial charge in [0.25, 0.3) is 0 Å². The Morgan fingerprint density at radius 2 is 1.81 bits per heavy atom. The molecule has 0 bridgehead atoms. The molecule has 2 amide bonds. The molecular weight excluding hydrogens is 542 g/mol. The van der Waals surface area contributed by atoms with Crippen molar-refractivity contribution in [3.05, 3.63) is 74.6 Å². The number of alkyl halides is 3. The van der Waals surface area contributed by atoms with Crippen LogP contribution in [0.3, 0.4) is 0 Å². The maximum atomic E-state index is 13.0. The van der Waals surface area contributed by atoms with E-state index in [0.717, 1.165) is 0 Å². The molecule has 3 aromatic rings. The maximum absolute atomic E-state index is 13.0. The van der Waals surface area contributed by atoms with Gasteiger partial charge in [0.1, 0.15) is 13.2 Å². The number of nitrogens with zero attached hydrogens (tertiary/aromatic N) is 3. The second-order valence-electron chi connectivity index (χ2n) is 7.74. The molecule has 0 aliphatic rings. The maximum Gasteiger partial charge on any atom is 0.416 e. The summed E-state index contributed by atoms with van der Waals surface area (Å²) in [4.78, 5) is 36.8. The Morgan fingerprint density at radius 3 is 2.41 bits per heavy atom. The predicted octanol–water partition coefficient (Wildman–Crippen LogP) is 2.89. The summed E-state index contributed by atoms with van der Waals surface area (Å²) in [6, 6.07) is 11.1. The second-order valence-corrected chi connectivity index (χ2v) is 8.62. The predicted molar refractivity (Wildman–Crippen MR) is 127 cm³/mol. The van der Waals surface area contributed by atoms with E-state index in [1.165, 1.54) is 30.3 Å². The van der Waals surface area contributed by atoms with Gasteiger partial charge in [-0.05, 0) is 42.0 Å². The fourth-order valence-electron chi connectivity index (χ4n) is 3.28. The van der Waals surface area contributed by atoms with Gasteiger partial charge in [0.15, 0.2) is 11.9 Å². The number of hydrogen-bond donors (Lipinski definition) is 3. The number of aliphatic hydroxyl groups excluding tert-OH is 1. The number of rotatable bonds is 9. The van der Waals surface area contributed by atoms with Crippen LogP contribution in [0.5, 0.6) is 0 Å². The first kappa shape index (κ1) is 28.0. The third kappa shape index (κ3) is 7.47. The molecule has 2 atom stereocenters. The number of aliphatic hydroxyl groups is 1. The highest BCUT2D eigenvalue weighted by Crippen LogP contribution is 2.24. The summed E-state index contributed by atoms with van der Waals surface area (Å²) in [5.41, 5.74) is 4.61. The number of amides is 2. The van der Waals surface area contributed by atoms with Gasteiger partial charge in [-0.1, -0.05) is 35.3 Å². The van der Waals surface area contributed by atoms with Crippen molar-refractivity contribution >= 4 is 35.2 Å². The molecule has 2 aromatic carbocycles. The Hall–Kier alpha value is -3.55. The highest BCUT2D eigenvalue weighted by atomic mass is 35.5. The van der Waals surface area contributed by atoms with Gasteiger partial charge in [-0.15, -0.1) is 5.10 Å². The van der Waals surface area contributed by atoms with E-state index < -0.39 is 49.1 Å². The summed E-state index contributed by atoms with van der Waals surface area (Å²) in [5, 5.41) is 16.8. The van der Waals surface area contributed by atoms with Crippen LogP contribution in [-0.4, -0.2) is 50.3 Å². The number of ether oxygens (including phenoxy) is 1. The van der Waals surface area contributed by atoms with Crippen LogP contribution in [0.15, 0.2) is 53.3 Å². The van der Waals surface area contributed by atoms with E-state index in [1.54, 1.807) is 18.2 Å². The molecule has 10 nitrogen and oxygen atoms in total. The van der Waals surface area contributed by atoms with Crippen LogP contribution in [0.1, 0.15) is 11.6 Å². The lowest BCUT2D eigenvalue weighted by molar-refractivity contribution is -0.207. The van der Waals surface area contributed by atoms with Gasteiger partial charge in [-0.3, -0.25) is 9.36 Å². The number of nitrogens with two attached hydrogens (primary N) is 1. The SMILES string of the molecule is NC(=O)OCC(NC(=O)Cn1nc(-c2ccc(Cl)cc2)n(C[C@H](O)C(F)(F)F)c1=O)c1cccc(Cl)c1. The Kier molecular flexibility index (Phi) is 8.84. The standard InChI is InChI=1S/C22H20Cl2F3N5O5/c23-14-6-4-12(5-7-14)19-30-32(21(36)31(19)9-17(33)22(25,26)27)10-18(34)29-16(11-37-20(28)35)13-2-1-3-15(24)8-13/h1-8,16-17,33H,9-11H2,(H2,28,35)(H,29,34)/t16?,17-/m0/s1. The fourth-order valence-corrected chi connectivity index (χ4v) is 3.61. The Morgan fingerprint density at radius 1 is 1.14 bits per heavy atom. The van der Waals surface area contributed by atoms with Crippen LogP contribution in [0.2, 0.25) is 10.0 Å². The van der Waals surface area contributed by atoms with E-state index in [1.807, 2.05) is 0 Å². The van der Waals surface area contributed by atoms with E-state index in [-0.39, 0.29) is 18.0 Å². The highest BCUT2D eigenvalue weighted by Gasteiger charge is 2.39. The molecule has 0 radical (unpaired) electrons. The van der Waals surface area contributed by atoms with Crippen molar-refractivity contribution in [3.63, 3.8) is 0 Å². The topological polar surface area (TPSA) is 141 Å². The zero-order valence-electron chi connectivity index (χ0n) is 18.8. The monoisotopic (exact) mass is 561 g/mol. The molecule has 198 valence electrons. The van der Waals surface area contributed by atoms with Crippen molar-refractivity contribution in [2.24, 2.45) is 5.73 Å². The quantitative estimate of drug-likeness (QED) is 0.366. The molecule has 15 heteroatoms. The molecule has 1 aromatic heterocycles. The number of aromatic nitrogens is 3. The summed E-state index contributed by atoms with van der Waals surface area (Å²) in [5.74, 6) is -1.01. The molecule has 0 saturated heterocycles. The zero-order valence-corrected chi connectivity index (χ0v) is 20.3. The van der Waals surface area contributed by atoms with Gasteiger partial charge in [0, 0.05) is 15.6 Å². The summed E-state index contributed by atoms with van der Waals surface area (Å²) >= 11 is 11.8. The third-order valence-electron chi connectivity index (χ3n) is 5.03. The van der Waals surface area contributed by atoms with E-state index >= 15 is 0 Å². The van der Waals surface area contributed by atoms with E-state index in [9.17, 15) is 32.7 Å². The van der Waals surface area contributed by atoms with Gasteiger partial charge in [-0.25, -0.2) is 14.3 Å². The van der Waals surface area contributed by atoms with Crippen LogP contribution in [0, 0.1) is 0 Å². The summed E-state index contributed by atoms with van der Waals surface area (Å²) < 4.78 is 45.1. The van der Waals surface area contributed by atoms with Crippen molar-refractivity contribution < 1.29 is 32.6 Å². The van der Waals surface area contributed by atoms with E-state index in [2.05, 4.69) is 10.4 Å². The Bertz CT molecular complexity index is 1330. The number of nitrogens with one attached hydrogen (secondary N) is 1. The molecule has 4 N–H and O–H groups in total. The minimum absolute atomic E-state index is 0.221. The van der Waals surface area contributed by atoms with Gasteiger partial charge in [0.2, 0.25) is 5.91 Å². The molecule has 0 aliphatic carbocycles. The second kappa shape index (κ2) is 11.7. The average Bonchev–Trinajstić information content (AvgIpc) is 3.11. The van der Waals surface area contributed by atoms with Crippen LogP contribution >= 0.6 is 23.2 Å². The van der Waals surface area contributed by atoms with Gasteiger partial charge in [0.05, 0.1) is 12.6 Å². The van der Waals surface area contributed by atoms with Gasteiger partial charge >= 0.3 is 18.0 Å². The van der Waals surface area contributed by atoms with Gasteiger partial charge in [-0.2, -0.15) is 13.2 Å². The molecule has 0 spiro atoms. The number of carbonyl (C=O) groups is 2. The largest absolute Gasteiger partial charge is 0.447 e. The lowest BCUT2D eigenvalue weighted by atomic mass is 10.1. The third-order valence-corrected chi connectivity index (χ3v) is 5.52. The zero-order chi connectivity index (χ0) is 27.3. The first-order valence-electron chi connectivity index (χ1n) is 10.5. The Labute approximate surface area is 217 Å². The van der Waals surface area contributed by atoms with Crippen molar-refractivity contribution in [3.8, 4) is 11.4 Å². The van der Waals surface area contributed by atoms with Crippen molar-refractivity contribution in [1.82, 2.24) is 19.7 Å². The fraction of sp³-hybridized carbons (Fsp3) is 0.273. The van der Waals surface area contributed by atoms with Crippen LogP contribution in [0.25, 0.3) is 11.4 Å². The number of primary amides is 1. The molecule has 0 fully saturated rings. The highest BCUT2D eigenvalue weighted by molar-refractivity contribution is 6.30. The van der Waals surface area contributed by atoms with Crippen molar-refractivity contribution in [2.75, 3.05) is 6.61 Å². The number of hydrogen-bond acceptors (Lipinski definition) is 6. The van der Waals surface area contributed by atoms with Crippen LogP contribution in [-0.2, 0) is 22.6 Å². The number of benzene rings is 2. The summed E-state index contributed by atoms with van der Waals surface area (Å²) in [6.45, 7) is -2.22. The smallest absolute Gasteiger partial charge is 0.416 e. The van der Waals surface area contributed by atoms with Crippen molar-refractivity contribution in [2.45, 2.75) is 31.4 Å². The molecule has 0 aliphatic heterocycles. The minimum Gasteiger partial charge on any atom is -0.447 e. The lowest BCUT2D eigenvalue weighted by Crippen LogP contribution is -2.39. The van der Waals surface area contributed by atoms with Crippen LogP contribution in [0.4, 0.5) is 18.0 Å². The first-order valence-corrected chi connectivity index (χ1v) is 11.3. The van der Waals surface area contributed by atoms with Crippen molar-refractivity contribution in [1.29, 1.82) is 0 Å². The molecular formula is C22H20Cl2F3N5O5.